The van der Waals surface area contributed by atoms with E-state index in [1.807, 2.05) is 55.6 Å². The van der Waals surface area contributed by atoms with Gasteiger partial charge in [-0.1, -0.05) is 24.3 Å². The molecule has 2 nitrogen and oxygen atoms in total. The van der Waals surface area contributed by atoms with Crippen LogP contribution in [0.2, 0.25) is 0 Å². The Morgan fingerprint density at radius 1 is 1.00 bits per heavy atom. The number of para-hydroxylation sites is 2. The average molecular weight is 245 g/mol. The van der Waals surface area contributed by atoms with Crippen LogP contribution in [0.25, 0.3) is 0 Å². The second-order valence-corrected chi connectivity index (χ2v) is 4.59. The SMILES string of the molecule is CSc1ccccc1Oc1cccc(C)c1N. The van der Waals surface area contributed by atoms with E-state index >= 15 is 0 Å². The van der Waals surface area contributed by atoms with Crippen molar-refractivity contribution in [2.75, 3.05) is 12.0 Å². The molecule has 2 rings (SSSR count). The highest BCUT2D eigenvalue weighted by molar-refractivity contribution is 7.98. The van der Waals surface area contributed by atoms with Gasteiger partial charge in [0, 0.05) is 4.90 Å². The zero-order valence-electron chi connectivity index (χ0n) is 9.94. The molecule has 88 valence electrons. The van der Waals surface area contributed by atoms with Crippen LogP contribution in [0, 0.1) is 6.92 Å². The maximum absolute atomic E-state index is 5.99. The lowest BCUT2D eigenvalue weighted by Gasteiger charge is -2.12. The Morgan fingerprint density at radius 3 is 2.47 bits per heavy atom. The van der Waals surface area contributed by atoms with E-state index in [1.54, 1.807) is 11.8 Å². The predicted molar refractivity (Wildman–Crippen MR) is 73.9 cm³/mol. The van der Waals surface area contributed by atoms with Crippen LogP contribution in [-0.2, 0) is 0 Å². The zero-order valence-corrected chi connectivity index (χ0v) is 10.8. The molecule has 0 radical (unpaired) electrons. The molecule has 0 aliphatic heterocycles. The standard InChI is InChI=1S/C14H15NOS/c1-10-6-5-8-12(14(10)15)16-11-7-3-4-9-13(11)17-2/h3-9H,15H2,1-2H3. The van der Waals surface area contributed by atoms with Crippen molar-refractivity contribution in [3.05, 3.63) is 48.0 Å². The summed E-state index contributed by atoms with van der Waals surface area (Å²) >= 11 is 1.66. The minimum absolute atomic E-state index is 0.698. The minimum atomic E-state index is 0.698. The van der Waals surface area contributed by atoms with Crippen LogP contribution in [-0.4, -0.2) is 6.26 Å². The summed E-state index contributed by atoms with van der Waals surface area (Å²) in [4.78, 5) is 1.11. The lowest BCUT2D eigenvalue weighted by Crippen LogP contribution is -1.95. The van der Waals surface area contributed by atoms with Gasteiger partial charge in [-0.2, -0.15) is 0 Å². The molecule has 0 aliphatic carbocycles. The summed E-state index contributed by atoms with van der Waals surface area (Å²) in [7, 11) is 0. The molecule has 0 aliphatic rings. The number of thioether (sulfide) groups is 1. The fraction of sp³-hybridized carbons (Fsp3) is 0.143. The van der Waals surface area contributed by atoms with Crippen molar-refractivity contribution >= 4 is 17.4 Å². The fourth-order valence-electron chi connectivity index (χ4n) is 1.56. The van der Waals surface area contributed by atoms with Crippen LogP contribution < -0.4 is 10.5 Å². The summed E-state index contributed by atoms with van der Waals surface area (Å²) in [6, 6.07) is 13.8. The molecule has 0 fully saturated rings. The number of ether oxygens (including phenoxy) is 1. The van der Waals surface area contributed by atoms with Gasteiger partial charge in [0.15, 0.2) is 5.75 Å². The van der Waals surface area contributed by atoms with Gasteiger partial charge in [-0.05, 0) is 36.9 Å². The van der Waals surface area contributed by atoms with Gasteiger partial charge in [0.25, 0.3) is 0 Å². The highest BCUT2D eigenvalue weighted by Gasteiger charge is 2.07. The van der Waals surface area contributed by atoms with Crippen molar-refractivity contribution in [1.29, 1.82) is 0 Å². The summed E-state index contributed by atoms with van der Waals surface area (Å²) < 4.78 is 5.87. The smallest absolute Gasteiger partial charge is 0.150 e. The first kappa shape index (κ1) is 11.9. The van der Waals surface area contributed by atoms with E-state index in [1.165, 1.54) is 0 Å². The molecule has 0 bridgehead atoms. The lowest BCUT2D eigenvalue weighted by atomic mass is 10.2. The van der Waals surface area contributed by atoms with Gasteiger partial charge in [-0.25, -0.2) is 0 Å². The van der Waals surface area contributed by atoms with E-state index in [0.717, 1.165) is 16.2 Å². The molecule has 0 unspecified atom stereocenters. The lowest BCUT2D eigenvalue weighted by molar-refractivity contribution is 0.473. The molecular formula is C14H15NOS. The number of nitrogens with two attached hydrogens (primary N) is 1. The molecule has 17 heavy (non-hydrogen) atoms. The minimum Gasteiger partial charge on any atom is -0.454 e. The maximum atomic E-state index is 5.99. The Kier molecular flexibility index (Phi) is 3.59. The van der Waals surface area contributed by atoms with E-state index in [4.69, 9.17) is 10.5 Å². The van der Waals surface area contributed by atoms with Gasteiger partial charge in [0.2, 0.25) is 0 Å². The normalized spacial score (nSPS) is 10.2. The van der Waals surface area contributed by atoms with E-state index in [-0.39, 0.29) is 0 Å². The largest absolute Gasteiger partial charge is 0.454 e. The summed E-state index contributed by atoms with van der Waals surface area (Å²) in [5, 5.41) is 0. The third-order valence-corrected chi connectivity index (χ3v) is 3.35. The highest BCUT2D eigenvalue weighted by atomic mass is 32.2. The summed E-state index contributed by atoms with van der Waals surface area (Å²) in [6.07, 6.45) is 2.03. The van der Waals surface area contributed by atoms with Gasteiger partial charge in [-0.15, -0.1) is 11.8 Å². The van der Waals surface area contributed by atoms with Crippen LogP contribution in [0.5, 0.6) is 11.5 Å². The predicted octanol–water partition coefficient (Wildman–Crippen LogP) is 4.09. The van der Waals surface area contributed by atoms with Crippen LogP contribution in [0.1, 0.15) is 5.56 Å². The number of hydrogen-bond donors (Lipinski definition) is 1. The molecule has 0 amide bonds. The van der Waals surface area contributed by atoms with Gasteiger partial charge in [0.05, 0.1) is 5.69 Å². The van der Waals surface area contributed by atoms with Crippen molar-refractivity contribution in [1.82, 2.24) is 0 Å². The third kappa shape index (κ3) is 2.56. The number of hydrogen-bond acceptors (Lipinski definition) is 3. The zero-order chi connectivity index (χ0) is 12.3. The Balaban J connectivity index is 2.35. The maximum Gasteiger partial charge on any atom is 0.150 e. The van der Waals surface area contributed by atoms with E-state index < -0.39 is 0 Å². The van der Waals surface area contributed by atoms with Crippen molar-refractivity contribution in [2.45, 2.75) is 11.8 Å². The van der Waals surface area contributed by atoms with Crippen LogP contribution in [0.3, 0.4) is 0 Å². The molecule has 0 spiro atoms. The van der Waals surface area contributed by atoms with Crippen molar-refractivity contribution in [3.8, 4) is 11.5 Å². The quantitative estimate of drug-likeness (QED) is 0.653. The Bertz CT molecular complexity index is 525. The molecule has 2 N–H and O–H groups in total. The molecule has 3 heteroatoms. The Labute approximate surface area is 106 Å². The summed E-state index contributed by atoms with van der Waals surface area (Å²) in [5.74, 6) is 1.56. The second-order valence-electron chi connectivity index (χ2n) is 3.74. The Morgan fingerprint density at radius 2 is 1.71 bits per heavy atom. The van der Waals surface area contributed by atoms with Crippen molar-refractivity contribution in [2.24, 2.45) is 0 Å². The van der Waals surface area contributed by atoms with Crippen molar-refractivity contribution in [3.63, 3.8) is 0 Å². The number of rotatable bonds is 3. The first-order valence-corrected chi connectivity index (χ1v) is 6.61. The topological polar surface area (TPSA) is 35.2 Å². The molecule has 2 aromatic carbocycles. The number of aryl methyl sites for hydroxylation is 1. The first-order chi connectivity index (χ1) is 8.22. The van der Waals surface area contributed by atoms with Gasteiger partial charge in [0.1, 0.15) is 5.75 Å². The summed E-state index contributed by atoms with van der Waals surface area (Å²) in [5.41, 5.74) is 7.72. The molecule has 2 aromatic rings. The second kappa shape index (κ2) is 5.15. The van der Waals surface area contributed by atoms with Gasteiger partial charge in [-0.3, -0.25) is 0 Å². The number of nitrogen functional groups attached to an aromatic ring is 1. The molecule has 0 aromatic heterocycles. The average Bonchev–Trinajstić information content (AvgIpc) is 2.35. The van der Waals surface area contributed by atoms with Crippen LogP contribution in [0.4, 0.5) is 5.69 Å². The molecule has 0 heterocycles. The Hall–Kier alpha value is -1.61. The van der Waals surface area contributed by atoms with E-state index in [2.05, 4.69) is 0 Å². The third-order valence-electron chi connectivity index (χ3n) is 2.57. The molecular weight excluding hydrogens is 230 g/mol. The molecule has 0 saturated carbocycles. The molecule has 0 saturated heterocycles. The number of benzene rings is 2. The van der Waals surface area contributed by atoms with Crippen LogP contribution >= 0.6 is 11.8 Å². The van der Waals surface area contributed by atoms with Crippen molar-refractivity contribution < 1.29 is 4.74 Å². The van der Waals surface area contributed by atoms with Gasteiger partial charge < -0.3 is 10.5 Å². The summed E-state index contributed by atoms with van der Waals surface area (Å²) in [6.45, 7) is 1.97. The fourth-order valence-corrected chi connectivity index (χ4v) is 2.09. The van der Waals surface area contributed by atoms with E-state index in [0.29, 0.717) is 11.4 Å². The van der Waals surface area contributed by atoms with E-state index in [9.17, 15) is 0 Å². The molecule has 0 atom stereocenters. The first-order valence-electron chi connectivity index (χ1n) is 5.38. The highest BCUT2D eigenvalue weighted by Crippen LogP contribution is 2.34. The number of anilines is 1. The van der Waals surface area contributed by atoms with Crippen LogP contribution in [0.15, 0.2) is 47.4 Å². The van der Waals surface area contributed by atoms with Gasteiger partial charge >= 0.3 is 0 Å². The monoisotopic (exact) mass is 245 g/mol.